The maximum absolute atomic E-state index is 11.8. The molecule has 7 heteroatoms. The minimum absolute atomic E-state index is 0.0264. The molecule has 3 N–H and O–H groups in total. The van der Waals surface area contributed by atoms with Gasteiger partial charge in [-0.05, 0) is 36.1 Å². The third-order valence-electron chi connectivity index (χ3n) is 2.96. The Hall–Kier alpha value is -1.89. The van der Waals surface area contributed by atoms with Gasteiger partial charge in [0.25, 0.3) is 0 Å². The minimum atomic E-state index is -0.828. The first-order valence-corrected chi connectivity index (χ1v) is 7.80. The van der Waals surface area contributed by atoms with Crippen molar-refractivity contribution in [2.24, 2.45) is 0 Å². The number of carbonyl (C=O) groups excluding carboxylic acids is 2. The number of aryl methyl sites for hydroxylation is 1. The first-order chi connectivity index (χ1) is 10.5. The lowest BCUT2D eigenvalue weighted by atomic mass is 10.2. The van der Waals surface area contributed by atoms with Crippen molar-refractivity contribution >= 4 is 40.4 Å². The van der Waals surface area contributed by atoms with Crippen LogP contribution in [0.3, 0.4) is 0 Å². The van der Waals surface area contributed by atoms with E-state index in [4.69, 9.17) is 11.6 Å². The van der Waals surface area contributed by atoms with Crippen molar-refractivity contribution in [3.63, 3.8) is 0 Å². The molecule has 1 atom stereocenters. The van der Waals surface area contributed by atoms with Gasteiger partial charge in [-0.25, -0.2) is 0 Å². The normalized spacial score (nSPS) is 11.8. The summed E-state index contributed by atoms with van der Waals surface area (Å²) < 4.78 is 0. The number of anilines is 1. The van der Waals surface area contributed by atoms with Crippen LogP contribution in [0, 0.1) is 6.92 Å². The molecule has 1 heterocycles. The quantitative estimate of drug-likeness (QED) is 0.749. The van der Waals surface area contributed by atoms with E-state index in [2.05, 4.69) is 10.6 Å². The predicted molar refractivity (Wildman–Crippen MR) is 87.1 cm³/mol. The SMILES string of the molecule is Cc1ccc(NC(=O)C(=O)NC[C@@H](O)c2cccs2)cc1Cl. The van der Waals surface area contributed by atoms with Gasteiger partial charge in [-0.3, -0.25) is 9.59 Å². The van der Waals surface area contributed by atoms with E-state index in [0.717, 1.165) is 10.4 Å². The summed E-state index contributed by atoms with van der Waals surface area (Å²) in [4.78, 5) is 24.2. The molecule has 1 aromatic carbocycles. The average molecular weight is 339 g/mol. The van der Waals surface area contributed by atoms with Crippen LogP contribution in [0.25, 0.3) is 0 Å². The predicted octanol–water partition coefficient (Wildman–Crippen LogP) is 2.50. The molecule has 0 aliphatic rings. The average Bonchev–Trinajstić information content (AvgIpc) is 3.02. The second kappa shape index (κ2) is 7.40. The summed E-state index contributed by atoms with van der Waals surface area (Å²) in [6, 6.07) is 8.54. The Labute approximate surface area is 136 Å². The second-order valence-corrected chi connectivity index (χ2v) is 6.05. The van der Waals surface area contributed by atoms with Crippen LogP contribution >= 0.6 is 22.9 Å². The third kappa shape index (κ3) is 4.30. The van der Waals surface area contributed by atoms with Gasteiger partial charge in [-0.1, -0.05) is 23.7 Å². The van der Waals surface area contributed by atoms with Gasteiger partial charge in [-0.15, -0.1) is 11.3 Å². The molecule has 0 saturated carbocycles. The van der Waals surface area contributed by atoms with Crippen molar-refractivity contribution in [3.8, 4) is 0 Å². The zero-order valence-corrected chi connectivity index (χ0v) is 13.4. The summed E-state index contributed by atoms with van der Waals surface area (Å²) >= 11 is 7.33. The van der Waals surface area contributed by atoms with Gasteiger partial charge >= 0.3 is 11.8 Å². The minimum Gasteiger partial charge on any atom is -0.386 e. The van der Waals surface area contributed by atoms with Crippen LogP contribution in [-0.2, 0) is 9.59 Å². The fourth-order valence-electron chi connectivity index (χ4n) is 1.71. The van der Waals surface area contributed by atoms with E-state index in [1.807, 2.05) is 12.3 Å². The Morgan fingerprint density at radius 3 is 2.73 bits per heavy atom. The first-order valence-electron chi connectivity index (χ1n) is 6.54. The van der Waals surface area contributed by atoms with E-state index >= 15 is 0 Å². The van der Waals surface area contributed by atoms with Crippen molar-refractivity contribution in [2.75, 3.05) is 11.9 Å². The Morgan fingerprint density at radius 1 is 1.32 bits per heavy atom. The zero-order valence-electron chi connectivity index (χ0n) is 11.8. The lowest BCUT2D eigenvalue weighted by Gasteiger charge is -2.10. The van der Waals surface area contributed by atoms with Gasteiger partial charge in [0.1, 0.15) is 6.10 Å². The van der Waals surface area contributed by atoms with E-state index in [9.17, 15) is 14.7 Å². The molecule has 2 aromatic rings. The number of rotatable bonds is 4. The maximum atomic E-state index is 11.8. The lowest BCUT2D eigenvalue weighted by molar-refractivity contribution is -0.136. The lowest BCUT2D eigenvalue weighted by Crippen LogP contribution is -2.37. The Morgan fingerprint density at radius 2 is 2.09 bits per heavy atom. The molecule has 2 amide bonds. The number of hydrogen-bond acceptors (Lipinski definition) is 4. The van der Waals surface area contributed by atoms with Crippen LogP contribution in [0.2, 0.25) is 5.02 Å². The molecule has 0 unspecified atom stereocenters. The summed E-state index contributed by atoms with van der Waals surface area (Å²) in [5, 5.41) is 17.0. The number of carbonyl (C=O) groups is 2. The molecule has 0 aliphatic heterocycles. The van der Waals surface area contributed by atoms with E-state index in [-0.39, 0.29) is 6.54 Å². The van der Waals surface area contributed by atoms with Crippen LogP contribution in [0.1, 0.15) is 16.5 Å². The molecular weight excluding hydrogens is 324 g/mol. The summed E-state index contributed by atoms with van der Waals surface area (Å²) in [6.07, 6.45) is -0.828. The van der Waals surface area contributed by atoms with Gasteiger partial charge in [0.15, 0.2) is 0 Å². The van der Waals surface area contributed by atoms with Crippen LogP contribution in [-0.4, -0.2) is 23.5 Å². The number of aliphatic hydroxyl groups excluding tert-OH is 1. The fourth-order valence-corrected chi connectivity index (χ4v) is 2.60. The van der Waals surface area contributed by atoms with Gasteiger partial charge in [-0.2, -0.15) is 0 Å². The molecule has 0 aliphatic carbocycles. The summed E-state index contributed by atoms with van der Waals surface area (Å²) in [5.74, 6) is -1.62. The number of benzene rings is 1. The summed E-state index contributed by atoms with van der Waals surface area (Å²) in [7, 11) is 0. The molecule has 22 heavy (non-hydrogen) atoms. The largest absolute Gasteiger partial charge is 0.386 e. The van der Waals surface area contributed by atoms with E-state index in [1.54, 1.807) is 30.3 Å². The number of amides is 2. The summed E-state index contributed by atoms with van der Waals surface area (Å²) in [6.45, 7) is 1.81. The molecule has 0 spiro atoms. The van der Waals surface area contributed by atoms with E-state index < -0.39 is 17.9 Å². The zero-order chi connectivity index (χ0) is 16.1. The molecule has 0 bridgehead atoms. The molecule has 0 radical (unpaired) electrons. The maximum Gasteiger partial charge on any atom is 0.313 e. The second-order valence-electron chi connectivity index (χ2n) is 4.66. The Balaban J connectivity index is 1.86. The van der Waals surface area contributed by atoms with Gasteiger partial charge in [0.2, 0.25) is 0 Å². The van der Waals surface area contributed by atoms with Crippen LogP contribution in [0.15, 0.2) is 35.7 Å². The van der Waals surface area contributed by atoms with Crippen molar-refractivity contribution in [2.45, 2.75) is 13.0 Å². The standard InChI is InChI=1S/C15H15ClN2O3S/c1-9-4-5-10(7-11(9)16)18-15(21)14(20)17-8-12(19)13-3-2-6-22-13/h2-7,12,19H,8H2,1H3,(H,17,20)(H,18,21)/t12-/m1/s1. The molecule has 0 saturated heterocycles. The van der Waals surface area contributed by atoms with Gasteiger partial charge in [0.05, 0.1) is 0 Å². The number of hydrogen-bond donors (Lipinski definition) is 3. The fraction of sp³-hybridized carbons (Fsp3) is 0.200. The van der Waals surface area contributed by atoms with E-state index in [0.29, 0.717) is 10.7 Å². The number of nitrogens with one attached hydrogen (secondary N) is 2. The smallest absolute Gasteiger partial charge is 0.313 e. The molecule has 2 rings (SSSR count). The number of aliphatic hydroxyl groups is 1. The van der Waals surface area contributed by atoms with Crippen molar-refractivity contribution in [1.29, 1.82) is 0 Å². The Kier molecular flexibility index (Phi) is 5.54. The third-order valence-corrected chi connectivity index (χ3v) is 4.34. The van der Waals surface area contributed by atoms with Crippen molar-refractivity contribution in [3.05, 3.63) is 51.2 Å². The van der Waals surface area contributed by atoms with Crippen LogP contribution in [0.4, 0.5) is 5.69 Å². The van der Waals surface area contributed by atoms with Crippen molar-refractivity contribution < 1.29 is 14.7 Å². The highest BCUT2D eigenvalue weighted by molar-refractivity contribution is 7.10. The van der Waals surface area contributed by atoms with Gasteiger partial charge in [0, 0.05) is 22.1 Å². The van der Waals surface area contributed by atoms with Gasteiger partial charge < -0.3 is 15.7 Å². The van der Waals surface area contributed by atoms with Crippen molar-refractivity contribution in [1.82, 2.24) is 5.32 Å². The number of halogens is 1. The molecular formula is C15H15ClN2O3S. The van der Waals surface area contributed by atoms with Crippen LogP contribution in [0.5, 0.6) is 0 Å². The first kappa shape index (κ1) is 16.5. The Bertz CT molecular complexity index is 673. The highest BCUT2D eigenvalue weighted by Gasteiger charge is 2.16. The van der Waals surface area contributed by atoms with Crippen LogP contribution < -0.4 is 10.6 Å². The number of thiophene rings is 1. The molecule has 0 fully saturated rings. The highest BCUT2D eigenvalue weighted by atomic mass is 35.5. The molecule has 5 nitrogen and oxygen atoms in total. The highest BCUT2D eigenvalue weighted by Crippen LogP contribution is 2.20. The molecule has 1 aromatic heterocycles. The van der Waals surface area contributed by atoms with E-state index in [1.165, 1.54) is 11.3 Å². The monoisotopic (exact) mass is 338 g/mol. The summed E-state index contributed by atoms with van der Waals surface area (Å²) in [5.41, 5.74) is 1.32. The molecule has 116 valence electrons. The topological polar surface area (TPSA) is 78.4 Å².